The fourth-order valence-electron chi connectivity index (χ4n) is 1.99. The van der Waals surface area contributed by atoms with Crippen molar-refractivity contribution in [2.75, 3.05) is 26.0 Å². The lowest BCUT2D eigenvalue weighted by atomic mass is 9.95. The average molecular weight is 255 g/mol. The van der Waals surface area contributed by atoms with Gasteiger partial charge in [0.15, 0.2) is 11.8 Å². The fraction of sp³-hybridized carbons (Fsp3) is 0.333. The number of nitrogens with zero attached hydrogens (tertiary/aromatic N) is 2. The first-order chi connectivity index (χ1) is 7.54. The van der Waals surface area contributed by atoms with Gasteiger partial charge in [-0.05, 0) is 26.2 Å². The van der Waals surface area contributed by atoms with Gasteiger partial charge in [0.2, 0.25) is 0 Å². The number of hydrogen-bond acceptors (Lipinski definition) is 3. The quantitative estimate of drug-likeness (QED) is 0.707. The molecule has 2 rings (SSSR count). The zero-order valence-electron chi connectivity index (χ0n) is 10.0. The number of para-hydroxylation sites is 1. The molecule has 0 saturated heterocycles. The van der Waals surface area contributed by atoms with Crippen molar-refractivity contribution in [3.05, 3.63) is 29.8 Å². The molecule has 1 unspecified atom stereocenters. The van der Waals surface area contributed by atoms with Crippen molar-refractivity contribution in [1.82, 2.24) is 4.90 Å². The van der Waals surface area contributed by atoms with Crippen LogP contribution in [0.3, 0.4) is 0 Å². The van der Waals surface area contributed by atoms with Gasteiger partial charge in [-0.15, -0.1) is 12.4 Å². The number of fused-ring (bicyclic) bond motifs is 1. The predicted molar refractivity (Wildman–Crippen MR) is 68.9 cm³/mol. The summed E-state index contributed by atoms with van der Waals surface area (Å²) < 4.78 is 0. The topological polar surface area (TPSA) is 40.6 Å². The summed E-state index contributed by atoms with van der Waals surface area (Å²) in [5, 5.41) is 0. The van der Waals surface area contributed by atoms with Crippen LogP contribution in [-0.4, -0.2) is 43.8 Å². The van der Waals surface area contributed by atoms with Crippen molar-refractivity contribution in [2.45, 2.75) is 6.04 Å². The smallest absolute Gasteiger partial charge is 0.252 e. The zero-order chi connectivity index (χ0) is 11.9. The van der Waals surface area contributed by atoms with E-state index in [2.05, 4.69) is 0 Å². The molecule has 1 aromatic carbocycles. The Kier molecular flexibility index (Phi) is 3.91. The summed E-state index contributed by atoms with van der Waals surface area (Å²) in [6, 6.07) is 6.49. The number of halogens is 1. The highest BCUT2D eigenvalue weighted by molar-refractivity contribution is 6.24. The second-order valence-corrected chi connectivity index (χ2v) is 4.14. The lowest BCUT2D eigenvalue weighted by Crippen LogP contribution is -2.53. The van der Waals surface area contributed by atoms with E-state index in [1.165, 1.54) is 0 Å². The highest BCUT2D eigenvalue weighted by atomic mass is 35.5. The van der Waals surface area contributed by atoms with Gasteiger partial charge in [-0.1, -0.05) is 12.1 Å². The Morgan fingerprint density at radius 1 is 1.18 bits per heavy atom. The second-order valence-electron chi connectivity index (χ2n) is 4.14. The van der Waals surface area contributed by atoms with Gasteiger partial charge >= 0.3 is 0 Å². The van der Waals surface area contributed by atoms with Crippen LogP contribution in [0.25, 0.3) is 0 Å². The Labute approximate surface area is 107 Å². The third-order valence-corrected chi connectivity index (χ3v) is 2.86. The van der Waals surface area contributed by atoms with Gasteiger partial charge in [0.1, 0.15) is 0 Å². The molecule has 0 N–H and O–H groups in total. The largest absolute Gasteiger partial charge is 0.313 e. The van der Waals surface area contributed by atoms with E-state index in [1.807, 2.05) is 12.1 Å². The van der Waals surface area contributed by atoms with Crippen LogP contribution in [0.15, 0.2) is 24.3 Å². The Morgan fingerprint density at radius 2 is 1.76 bits per heavy atom. The molecule has 0 fully saturated rings. The number of ketones is 1. The van der Waals surface area contributed by atoms with Gasteiger partial charge < -0.3 is 4.90 Å². The molecule has 1 atom stereocenters. The van der Waals surface area contributed by atoms with Crippen LogP contribution in [-0.2, 0) is 4.79 Å². The first kappa shape index (κ1) is 13.7. The van der Waals surface area contributed by atoms with Gasteiger partial charge in [0, 0.05) is 12.6 Å². The molecule has 1 aliphatic rings. The van der Waals surface area contributed by atoms with Gasteiger partial charge in [0.25, 0.3) is 5.91 Å². The Morgan fingerprint density at radius 3 is 2.35 bits per heavy atom. The monoisotopic (exact) mass is 254 g/mol. The SMILES string of the molecule is CN1C(=O)C(N(C)C)C(=O)c2ccccc21.Cl. The van der Waals surface area contributed by atoms with Crippen molar-refractivity contribution in [3.63, 3.8) is 0 Å². The fourth-order valence-corrected chi connectivity index (χ4v) is 1.99. The molecule has 0 radical (unpaired) electrons. The van der Waals surface area contributed by atoms with Crippen LogP contribution in [0.1, 0.15) is 10.4 Å². The summed E-state index contributed by atoms with van der Waals surface area (Å²) in [6.07, 6.45) is 0. The summed E-state index contributed by atoms with van der Waals surface area (Å²) in [5.74, 6) is -0.294. The van der Waals surface area contributed by atoms with Crippen LogP contribution < -0.4 is 4.90 Å². The molecular weight excluding hydrogens is 240 g/mol. The Hall–Kier alpha value is -1.39. The third-order valence-electron chi connectivity index (χ3n) is 2.86. The number of rotatable bonds is 1. The maximum absolute atomic E-state index is 12.1. The summed E-state index contributed by atoms with van der Waals surface area (Å²) in [6.45, 7) is 0. The summed E-state index contributed by atoms with van der Waals surface area (Å²) in [5.41, 5.74) is 1.30. The summed E-state index contributed by atoms with van der Waals surface area (Å²) in [7, 11) is 5.18. The molecule has 1 amide bonds. The number of benzene rings is 1. The molecule has 0 spiro atoms. The van der Waals surface area contributed by atoms with E-state index in [-0.39, 0.29) is 24.1 Å². The Balaban J connectivity index is 0.00000144. The van der Waals surface area contributed by atoms with Gasteiger partial charge in [-0.2, -0.15) is 0 Å². The number of Topliss-reactive ketones (excluding diaryl/α,β-unsaturated/α-hetero) is 1. The third kappa shape index (κ3) is 2.06. The minimum atomic E-state index is -0.695. The lowest BCUT2D eigenvalue weighted by Gasteiger charge is -2.33. The lowest BCUT2D eigenvalue weighted by molar-refractivity contribution is -0.121. The van der Waals surface area contributed by atoms with Crippen LogP contribution >= 0.6 is 12.4 Å². The first-order valence-corrected chi connectivity index (χ1v) is 5.11. The first-order valence-electron chi connectivity index (χ1n) is 5.11. The van der Waals surface area contributed by atoms with E-state index in [1.54, 1.807) is 43.1 Å². The molecule has 1 aliphatic heterocycles. The normalized spacial score (nSPS) is 19.1. The van der Waals surface area contributed by atoms with Crippen LogP contribution in [0.4, 0.5) is 5.69 Å². The minimum Gasteiger partial charge on any atom is -0.313 e. The van der Waals surface area contributed by atoms with E-state index in [0.717, 1.165) is 0 Å². The minimum absolute atomic E-state index is 0. The molecular formula is C12H15ClN2O2. The maximum atomic E-state index is 12.1. The molecule has 1 heterocycles. The van der Waals surface area contributed by atoms with E-state index >= 15 is 0 Å². The van der Waals surface area contributed by atoms with Crippen molar-refractivity contribution < 1.29 is 9.59 Å². The molecule has 17 heavy (non-hydrogen) atoms. The van der Waals surface area contributed by atoms with Crippen molar-refractivity contribution >= 4 is 29.8 Å². The van der Waals surface area contributed by atoms with Gasteiger partial charge in [-0.25, -0.2) is 0 Å². The zero-order valence-corrected chi connectivity index (χ0v) is 10.8. The van der Waals surface area contributed by atoms with Crippen LogP contribution in [0.5, 0.6) is 0 Å². The van der Waals surface area contributed by atoms with Gasteiger partial charge in [-0.3, -0.25) is 14.5 Å². The Bertz CT molecular complexity index is 460. The molecule has 5 heteroatoms. The summed E-state index contributed by atoms with van der Waals surface area (Å²) in [4.78, 5) is 27.3. The predicted octanol–water partition coefficient (Wildman–Crippen LogP) is 1.20. The molecule has 92 valence electrons. The van der Waals surface area contributed by atoms with Crippen molar-refractivity contribution in [3.8, 4) is 0 Å². The molecule has 0 aromatic heterocycles. The number of carbonyl (C=O) groups is 2. The molecule has 1 aromatic rings. The number of carbonyl (C=O) groups excluding carboxylic acids is 2. The van der Waals surface area contributed by atoms with Crippen molar-refractivity contribution in [2.24, 2.45) is 0 Å². The average Bonchev–Trinajstić information content (AvgIpc) is 2.26. The van der Waals surface area contributed by atoms with Gasteiger partial charge in [0.05, 0.1) is 5.69 Å². The number of anilines is 1. The molecule has 4 nitrogen and oxygen atoms in total. The van der Waals surface area contributed by atoms with E-state index in [9.17, 15) is 9.59 Å². The number of likely N-dealkylation sites (N-methyl/N-ethyl adjacent to an activating group) is 2. The standard InChI is InChI=1S/C12H14N2O2.ClH/c1-13(2)10-11(15)8-6-4-5-7-9(8)14(3)12(10)16;/h4-7,10H,1-3H3;1H. The number of hydrogen-bond donors (Lipinski definition) is 0. The van der Waals surface area contributed by atoms with E-state index in [4.69, 9.17) is 0 Å². The number of amides is 1. The maximum Gasteiger partial charge on any atom is 0.252 e. The second kappa shape index (κ2) is 4.85. The molecule has 0 saturated carbocycles. The summed E-state index contributed by atoms with van der Waals surface area (Å²) >= 11 is 0. The highest BCUT2D eigenvalue weighted by Crippen LogP contribution is 2.27. The van der Waals surface area contributed by atoms with Crippen molar-refractivity contribution in [1.29, 1.82) is 0 Å². The van der Waals surface area contributed by atoms with Crippen LogP contribution in [0, 0.1) is 0 Å². The molecule has 0 aliphatic carbocycles. The molecule has 0 bridgehead atoms. The van der Waals surface area contributed by atoms with E-state index in [0.29, 0.717) is 11.3 Å². The van der Waals surface area contributed by atoms with Crippen LogP contribution in [0.2, 0.25) is 0 Å². The highest BCUT2D eigenvalue weighted by Gasteiger charge is 2.38. The van der Waals surface area contributed by atoms with E-state index < -0.39 is 6.04 Å².